The number of rotatable bonds is 6. The van der Waals surface area contributed by atoms with Gasteiger partial charge in [0.25, 0.3) is 0 Å². The Bertz CT molecular complexity index is 1400. The van der Waals surface area contributed by atoms with E-state index in [9.17, 15) is 14.7 Å². The van der Waals surface area contributed by atoms with Gasteiger partial charge in [-0.05, 0) is 55.5 Å². The predicted octanol–water partition coefficient (Wildman–Crippen LogP) is 3.60. The highest BCUT2D eigenvalue weighted by molar-refractivity contribution is 5.88. The molecule has 7 nitrogen and oxygen atoms in total. The Morgan fingerprint density at radius 1 is 0.812 bits per heavy atom. The molecule has 0 amide bonds. The van der Waals surface area contributed by atoms with Crippen LogP contribution in [0.3, 0.4) is 0 Å². The molecular formula is C25H22O7. The van der Waals surface area contributed by atoms with E-state index in [0.29, 0.717) is 28.9 Å². The van der Waals surface area contributed by atoms with E-state index in [0.717, 1.165) is 35.6 Å². The molecule has 1 unspecified atom stereocenters. The van der Waals surface area contributed by atoms with Crippen LogP contribution in [0.15, 0.2) is 67.0 Å². The number of hydrogen-bond acceptors (Lipinski definition) is 7. The molecule has 1 aliphatic rings. The van der Waals surface area contributed by atoms with E-state index in [-0.39, 0.29) is 24.6 Å². The highest BCUT2D eigenvalue weighted by Gasteiger charge is 2.21. The number of aliphatic hydroxyl groups is 1. The zero-order valence-electron chi connectivity index (χ0n) is 17.3. The molecule has 1 aliphatic carbocycles. The molecule has 0 aliphatic heterocycles. The van der Waals surface area contributed by atoms with Crippen molar-refractivity contribution in [2.75, 3.05) is 13.2 Å². The molecule has 0 saturated carbocycles. The lowest BCUT2D eigenvalue weighted by Gasteiger charge is -2.19. The number of para-hydroxylation sites is 1. The van der Waals surface area contributed by atoms with E-state index < -0.39 is 11.7 Å². The van der Waals surface area contributed by atoms with Crippen LogP contribution in [0.1, 0.15) is 24.0 Å². The van der Waals surface area contributed by atoms with Crippen LogP contribution in [0.4, 0.5) is 0 Å². The number of hydrogen-bond donors (Lipinski definition) is 1. The number of ether oxygens (including phenoxy) is 2. The van der Waals surface area contributed by atoms with Crippen molar-refractivity contribution >= 4 is 21.9 Å². The number of aryl methyl sites for hydroxylation is 1. The summed E-state index contributed by atoms with van der Waals surface area (Å²) in [6.07, 6.45) is 2.48. The maximum absolute atomic E-state index is 12.3. The fourth-order valence-electron chi connectivity index (χ4n) is 4.15. The van der Waals surface area contributed by atoms with Crippen molar-refractivity contribution in [1.82, 2.24) is 0 Å². The van der Waals surface area contributed by atoms with Crippen molar-refractivity contribution < 1.29 is 23.4 Å². The standard InChI is InChI=1S/C25H22O7/c26-16(14-30-22-12-15-6-1-4-9-19(15)31-25(22)28)13-29-20-10-5-11-21-23(20)17-7-2-3-8-18(17)24(27)32-21/h1,4-6,9-12,16,26H,2-3,7-8,13-14H2. The van der Waals surface area contributed by atoms with Crippen LogP contribution in [0.5, 0.6) is 11.5 Å². The second-order valence-electron chi connectivity index (χ2n) is 7.89. The minimum atomic E-state index is -0.984. The molecule has 1 atom stereocenters. The zero-order valence-corrected chi connectivity index (χ0v) is 17.3. The normalized spacial score (nSPS) is 14.3. The van der Waals surface area contributed by atoms with Crippen molar-refractivity contribution in [2.24, 2.45) is 0 Å². The van der Waals surface area contributed by atoms with E-state index in [1.807, 2.05) is 12.1 Å². The average molecular weight is 434 g/mol. The van der Waals surface area contributed by atoms with Gasteiger partial charge in [0.2, 0.25) is 5.75 Å². The Balaban J connectivity index is 1.31. The van der Waals surface area contributed by atoms with Crippen molar-refractivity contribution in [3.63, 3.8) is 0 Å². The van der Waals surface area contributed by atoms with Gasteiger partial charge in [0, 0.05) is 10.9 Å². The molecular weight excluding hydrogens is 412 g/mol. The highest BCUT2D eigenvalue weighted by atomic mass is 16.5. The third-order valence-electron chi connectivity index (χ3n) is 5.68. The summed E-state index contributed by atoms with van der Waals surface area (Å²) in [5.74, 6) is 0.581. The Kier molecular flexibility index (Phi) is 5.41. The third kappa shape index (κ3) is 3.87. The molecule has 2 aromatic heterocycles. The number of aliphatic hydroxyl groups excluding tert-OH is 1. The quantitative estimate of drug-likeness (QED) is 0.463. The molecule has 5 rings (SSSR count). The lowest BCUT2D eigenvalue weighted by Crippen LogP contribution is -2.26. The lowest BCUT2D eigenvalue weighted by atomic mass is 9.90. The third-order valence-corrected chi connectivity index (χ3v) is 5.68. The van der Waals surface area contributed by atoms with Gasteiger partial charge in [0.1, 0.15) is 36.2 Å². The van der Waals surface area contributed by atoms with Crippen molar-refractivity contribution in [2.45, 2.75) is 31.8 Å². The minimum absolute atomic E-state index is 0.0313. The van der Waals surface area contributed by atoms with E-state index in [2.05, 4.69) is 0 Å². The summed E-state index contributed by atoms with van der Waals surface area (Å²) in [7, 11) is 0. The maximum Gasteiger partial charge on any atom is 0.379 e. The number of benzene rings is 2. The van der Waals surface area contributed by atoms with Gasteiger partial charge in [-0.2, -0.15) is 0 Å². The summed E-state index contributed by atoms with van der Waals surface area (Å²) < 4.78 is 22.1. The van der Waals surface area contributed by atoms with Crippen LogP contribution in [0.25, 0.3) is 21.9 Å². The second kappa shape index (κ2) is 8.51. The first-order chi connectivity index (χ1) is 15.6. The first-order valence-corrected chi connectivity index (χ1v) is 10.6. The Morgan fingerprint density at radius 3 is 2.34 bits per heavy atom. The maximum atomic E-state index is 12.3. The van der Waals surface area contributed by atoms with Crippen LogP contribution in [-0.4, -0.2) is 24.4 Å². The summed E-state index contributed by atoms with van der Waals surface area (Å²) in [6.45, 7) is -0.188. The fourth-order valence-corrected chi connectivity index (χ4v) is 4.15. The van der Waals surface area contributed by atoms with Gasteiger partial charge in [0.15, 0.2) is 0 Å². The van der Waals surface area contributed by atoms with Crippen LogP contribution < -0.4 is 20.7 Å². The molecule has 164 valence electrons. The minimum Gasteiger partial charge on any atom is -0.490 e. The first kappa shape index (κ1) is 20.3. The zero-order chi connectivity index (χ0) is 22.1. The fraction of sp³-hybridized carbons (Fsp3) is 0.280. The topological polar surface area (TPSA) is 99.1 Å². The van der Waals surface area contributed by atoms with Crippen molar-refractivity contribution in [3.05, 3.63) is 80.5 Å². The van der Waals surface area contributed by atoms with Gasteiger partial charge in [-0.15, -0.1) is 0 Å². The molecule has 2 heterocycles. The first-order valence-electron chi connectivity index (χ1n) is 10.6. The molecule has 7 heteroatoms. The van der Waals surface area contributed by atoms with E-state index in [1.165, 1.54) is 0 Å². The van der Waals surface area contributed by atoms with E-state index in [4.69, 9.17) is 18.3 Å². The molecule has 0 spiro atoms. The van der Waals surface area contributed by atoms with Crippen molar-refractivity contribution in [3.8, 4) is 11.5 Å². The molecule has 32 heavy (non-hydrogen) atoms. The van der Waals surface area contributed by atoms with Crippen LogP contribution in [0.2, 0.25) is 0 Å². The smallest absolute Gasteiger partial charge is 0.379 e. The Hall–Kier alpha value is -3.58. The number of fused-ring (bicyclic) bond motifs is 4. The van der Waals surface area contributed by atoms with Crippen LogP contribution >= 0.6 is 0 Å². The molecule has 4 aromatic rings. The van der Waals surface area contributed by atoms with Gasteiger partial charge < -0.3 is 23.4 Å². The average Bonchev–Trinajstić information content (AvgIpc) is 2.81. The van der Waals surface area contributed by atoms with Gasteiger partial charge >= 0.3 is 11.3 Å². The lowest BCUT2D eigenvalue weighted by molar-refractivity contribution is 0.0619. The highest BCUT2D eigenvalue weighted by Crippen LogP contribution is 2.33. The van der Waals surface area contributed by atoms with Crippen LogP contribution in [0, 0.1) is 0 Å². The van der Waals surface area contributed by atoms with Gasteiger partial charge in [0.05, 0.1) is 5.39 Å². The summed E-state index contributed by atoms with van der Waals surface area (Å²) in [5, 5.41) is 11.9. The van der Waals surface area contributed by atoms with E-state index >= 15 is 0 Å². The molecule has 1 N–H and O–H groups in total. The van der Waals surface area contributed by atoms with Gasteiger partial charge in [-0.1, -0.05) is 24.3 Å². The van der Waals surface area contributed by atoms with Crippen LogP contribution in [-0.2, 0) is 12.8 Å². The van der Waals surface area contributed by atoms with Gasteiger partial charge in [-0.25, -0.2) is 9.59 Å². The molecule has 0 radical (unpaired) electrons. The summed E-state index contributed by atoms with van der Waals surface area (Å²) >= 11 is 0. The second-order valence-corrected chi connectivity index (χ2v) is 7.89. The summed E-state index contributed by atoms with van der Waals surface area (Å²) in [4.78, 5) is 24.4. The Morgan fingerprint density at radius 2 is 1.50 bits per heavy atom. The van der Waals surface area contributed by atoms with Gasteiger partial charge in [-0.3, -0.25) is 0 Å². The Labute approximate surface area is 182 Å². The summed E-state index contributed by atoms with van der Waals surface area (Å²) in [6, 6.07) is 14.0. The molecule has 2 aromatic carbocycles. The monoisotopic (exact) mass is 434 g/mol. The molecule has 0 saturated heterocycles. The van der Waals surface area contributed by atoms with E-state index in [1.54, 1.807) is 36.4 Å². The van der Waals surface area contributed by atoms with Crippen molar-refractivity contribution in [1.29, 1.82) is 0 Å². The molecule has 0 fully saturated rings. The largest absolute Gasteiger partial charge is 0.490 e. The summed E-state index contributed by atoms with van der Waals surface area (Å²) in [5.41, 5.74) is 1.75. The predicted molar refractivity (Wildman–Crippen MR) is 119 cm³/mol. The SMILES string of the molecule is O=c1oc2ccccc2cc1OCC(O)COc1cccc2oc(=O)c3c(c12)CCCC3. The molecule has 0 bridgehead atoms.